The van der Waals surface area contributed by atoms with E-state index < -0.39 is 11.5 Å². The third-order valence-electron chi connectivity index (χ3n) is 5.20. The summed E-state index contributed by atoms with van der Waals surface area (Å²) in [6.45, 7) is 7.47. The molecule has 3 atom stereocenters. The van der Waals surface area contributed by atoms with Crippen molar-refractivity contribution in [2.24, 2.45) is 11.8 Å². The normalized spacial score (nSPS) is 38.2. The Hall–Kier alpha value is -0.570. The minimum Gasteiger partial charge on any atom is -0.480 e. The van der Waals surface area contributed by atoms with E-state index in [4.69, 9.17) is 0 Å². The minimum absolute atomic E-state index is 0.488. The van der Waals surface area contributed by atoms with E-state index in [0.29, 0.717) is 17.9 Å². The van der Waals surface area contributed by atoms with Crippen LogP contribution in [0.4, 0.5) is 0 Å². The van der Waals surface area contributed by atoms with Gasteiger partial charge in [0.15, 0.2) is 0 Å². The van der Waals surface area contributed by atoms with Crippen molar-refractivity contribution >= 4 is 5.97 Å². The zero-order valence-electron chi connectivity index (χ0n) is 12.0. The van der Waals surface area contributed by atoms with Crippen LogP contribution < -0.4 is 0 Å². The van der Waals surface area contributed by atoms with E-state index in [1.165, 1.54) is 25.7 Å². The fraction of sp³-hybridized carbons (Fsp3) is 0.933. The van der Waals surface area contributed by atoms with Crippen LogP contribution in [0.2, 0.25) is 0 Å². The number of rotatable bonds is 3. The number of likely N-dealkylation sites (tertiary alicyclic amines) is 1. The molecule has 104 valence electrons. The molecule has 0 aromatic rings. The van der Waals surface area contributed by atoms with Crippen molar-refractivity contribution in [3.05, 3.63) is 0 Å². The summed E-state index contributed by atoms with van der Waals surface area (Å²) in [4.78, 5) is 13.9. The zero-order valence-corrected chi connectivity index (χ0v) is 12.0. The lowest BCUT2D eigenvalue weighted by atomic mass is 9.76. The summed E-state index contributed by atoms with van der Waals surface area (Å²) >= 11 is 0. The Morgan fingerprint density at radius 2 is 1.94 bits per heavy atom. The van der Waals surface area contributed by atoms with Gasteiger partial charge in [-0.2, -0.15) is 0 Å². The van der Waals surface area contributed by atoms with Gasteiger partial charge < -0.3 is 5.11 Å². The van der Waals surface area contributed by atoms with Crippen molar-refractivity contribution in [2.45, 2.75) is 70.9 Å². The number of carbonyl (C=O) groups is 1. The van der Waals surface area contributed by atoms with Crippen LogP contribution in [0.5, 0.6) is 0 Å². The van der Waals surface area contributed by atoms with Gasteiger partial charge in [0, 0.05) is 6.04 Å². The van der Waals surface area contributed by atoms with Crippen LogP contribution >= 0.6 is 0 Å². The predicted octanol–water partition coefficient (Wildman–Crippen LogP) is 3.14. The molecule has 2 rings (SSSR count). The summed E-state index contributed by atoms with van der Waals surface area (Å²) in [6, 6.07) is 0.488. The monoisotopic (exact) mass is 253 g/mol. The molecule has 3 nitrogen and oxygen atoms in total. The van der Waals surface area contributed by atoms with E-state index in [1.54, 1.807) is 0 Å². The van der Waals surface area contributed by atoms with Gasteiger partial charge in [0.1, 0.15) is 5.54 Å². The smallest absolute Gasteiger partial charge is 0.323 e. The summed E-state index contributed by atoms with van der Waals surface area (Å²) in [7, 11) is 0. The Labute approximate surface area is 111 Å². The van der Waals surface area contributed by atoms with E-state index in [9.17, 15) is 9.90 Å². The number of hydrogen-bond donors (Lipinski definition) is 1. The van der Waals surface area contributed by atoms with Gasteiger partial charge in [0.2, 0.25) is 0 Å². The van der Waals surface area contributed by atoms with Crippen LogP contribution in [0.3, 0.4) is 0 Å². The number of hydrogen-bond acceptors (Lipinski definition) is 2. The molecule has 2 aliphatic rings. The highest BCUT2D eigenvalue weighted by molar-refractivity contribution is 5.78. The molecule has 1 saturated heterocycles. The highest BCUT2D eigenvalue weighted by atomic mass is 16.4. The van der Waals surface area contributed by atoms with Gasteiger partial charge in [-0.25, -0.2) is 0 Å². The first-order valence-corrected chi connectivity index (χ1v) is 7.47. The number of carboxylic acids is 1. The first-order chi connectivity index (χ1) is 8.47. The lowest BCUT2D eigenvalue weighted by Gasteiger charge is -2.45. The van der Waals surface area contributed by atoms with Crippen molar-refractivity contribution in [3.8, 4) is 0 Å². The van der Waals surface area contributed by atoms with Crippen molar-refractivity contribution in [1.29, 1.82) is 0 Å². The lowest BCUT2D eigenvalue weighted by Crippen LogP contribution is -2.56. The van der Waals surface area contributed by atoms with Crippen molar-refractivity contribution < 1.29 is 9.90 Å². The van der Waals surface area contributed by atoms with Crippen LogP contribution in [0, 0.1) is 11.8 Å². The van der Waals surface area contributed by atoms with E-state index in [-0.39, 0.29) is 0 Å². The van der Waals surface area contributed by atoms with Crippen LogP contribution in [-0.2, 0) is 4.79 Å². The molecule has 1 aliphatic heterocycles. The molecular weight excluding hydrogens is 226 g/mol. The molecule has 0 radical (unpaired) electrons. The molecule has 0 bridgehead atoms. The highest BCUT2D eigenvalue weighted by Gasteiger charge is 2.48. The maximum atomic E-state index is 11.6. The standard InChI is InChI=1S/C15H27NO2/c1-11(2)12-7-4-5-8-13(12)16-10-6-9-15(16,3)14(17)18/h11-13H,4-10H2,1-3H3,(H,17,18). The summed E-state index contributed by atoms with van der Waals surface area (Å²) in [5, 5.41) is 9.56. The largest absolute Gasteiger partial charge is 0.480 e. The van der Waals surface area contributed by atoms with E-state index >= 15 is 0 Å². The van der Waals surface area contributed by atoms with Gasteiger partial charge >= 0.3 is 5.97 Å². The third kappa shape index (κ3) is 2.29. The van der Waals surface area contributed by atoms with Crippen LogP contribution in [-0.4, -0.2) is 34.1 Å². The van der Waals surface area contributed by atoms with E-state index in [2.05, 4.69) is 18.7 Å². The summed E-state index contributed by atoms with van der Waals surface area (Å²) in [5.41, 5.74) is -0.616. The fourth-order valence-electron chi connectivity index (χ4n) is 4.05. The molecule has 0 amide bonds. The highest BCUT2D eigenvalue weighted by Crippen LogP contribution is 2.40. The van der Waals surface area contributed by atoms with E-state index in [0.717, 1.165) is 19.4 Å². The molecule has 0 aromatic carbocycles. The summed E-state index contributed by atoms with van der Waals surface area (Å²) < 4.78 is 0. The molecule has 18 heavy (non-hydrogen) atoms. The van der Waals surface area contributed by atoms with E-state index in [1.807, 2.05) is 6.92 Å². The minimum atomic E-state index is -0.631. The fourth-order valence-corrected chi connectivity index (χ4v) is 4.05. The molecule has 1 saturated carbocycles. The third-order valence-corrected chi connectivity index (χ3v) is 5.20. The quantitative estimate of drug-likeness (QED) is 0.840. The van der Waals surface area contributed by atoms with Gasteiger partial charge in [0.25, 0.3) is 0 Å². The van der Waals surface area contributed by atoms with Crippen molar-refractivity contribution in [3.63, 3.8) is 0 Å². The Bertz CT molecular complexity index is 316. The number of aliphatic carboxylic acids is 1. The second-order valence-corrected chi connectivity index (χ2v) is 6.64. The van der Waals surface area contributed by atoms with Gasteiger partial charge in [-0.15, -0.1) is 0 Å². The summed E-state index contributed by atoms with van der Waals surface area (Å²) in [6.07, 6.45) is 6.88. The average Bonchev–Trinajstić information content (AvgIpc) is 2.72. The number of carboxylic acid groups (broad SMARTS) is 1. The summed E-state index contributed by atoms with van der Waals surface area (Å²) in [5.74, 6) is 0.706. The molecule has 0 aromatic heterocycles. The molecule has 0 spiro atoms. The Morgan fingerprint density at radius 3 is 2.56 bits per heavy atom. The van der Waals surface area contributed by atoms with Crippen LogP contribution in [0.25, 0.3) is 0 Å². The Morgan fingerprint density at radius 1 is 1.28 bits per heavy atom. The predicted molar refractivity (Wildman–Crippen MR) is 72.6 cm³/mol. The molecule has 3 heteroatoms. The Kier molecular flexibility index (Phi) is 4.00. The molecule has 3 unspecified atom stereocenters. The number of nitrogens with zero attached hydrogens (tertiary/aromatic N) is 1. The molecule has 1 aliphatic carbocycles. The van der Waals surface area contributed by atoms with Gasteiger partial charge in [-0.3, -0.25) is 9.69 Å². The first-order valence-electron chi connectivity index (χ1n) is 7.47. The topological polar surface area (TPSA) is 40.5 Å². The van der Waals surface area contributed by atoms with Gasteiger partial charge in [-0.05, 0) is 51.0 Å². The molecule has 1 N–H and O–H groups in total. The second-order valence-electron chi connectivity index (χ2n) is 6.64. The SMILES string of the molecule is CC(C)C1CCCCC1N1CCCC1(C)C(=O)O. The van der Waals surface area contributed by atoms with Crippen LogP contribution in [0.15, 0.2) is 0 Å². The lowest BCUT2D eigenvalue weighted by molar-refractivity contribution is -0.151. The van der Waals surface area contributed by atoms with Gasteiger partial charge in [0.05, 0.1) is 0 Å². The zero-order chi connectivity index (χ0) is 13.3. The Balaban J connectivity index is 2.20. The molecular formula is C15H27NO2. The second kappa shape index (κ2) is 5.20. The molecule has 1 heterocycles. The van der Waals surface area contributed by atoms with Crippen molar-refractivity contribution in [2.75, 3.05) is 6.54 Å². The first kappa shape index (κ1) is 13.9. The average molecular weight is 253 g/mol. The van der Waals surface area contributed by atoms with Crippen molar-refractivity contribution in [1.82, 2.24) is 4.90 Å². The van der Waals surface area contributed by atoms with Gasteiger partial charge in [-0.1, -0.05) is 26.7 Å². The molecule has 2 fully saturated rings. The van der Waals surface area contributed by atoms with Crippen LogP contribution in [0.1, 0.15) is 59.3 Å². The maximum Gasteiger partial charge on any atom is 0.323 e. The maximum absolute atomic E-state index is 11.6.